The van der Waals surface area contributed by atoms with Gasteiger partial charge in [0, 0.05) is 0 Å². The van der Waals surface area contributed by atoms with E-state index in [1.54, 1.807) is 0 Å². The molecular weight excluding hydrogens is 251 g/mol. The van der Waals surface area contributed by atoms with Crippen LogP contribution in [0.15, 0.2) is 0 Å². The van der Waals surface area contributed by atoms with Gasteiger partial charge in [-0.05, 0) is 0 Å². The van der Waals surface area contributed by atoms with Crippen LogP contribution in [-0.4, -0.2) is 43.6 Å². The van der Waals surface area contributed by atoms with Gasteiger partial charge in [0.05, 0.1) is 0 Å². The first-order valence-corrected chi connectivity index (χ1v) is 9.51. The molecule has 3 nitrogen and oxygen atoms in total. The van der Waals surface area contributed by atoms with Crippen LogP contribution in [0.25, 0.3) is 0 Å². The molecule has 0 heterocycles. The van der Waals surface area contributed by atoms with Crippen LogP contribution in [0.3, 0.4) is 0 Å². The minimum absolute atomic E-state index is 0.547. The molecule has 0 aliphatic heterocycles. The van der Waals surface area contributed by atoms with E-state index in [9.17, 15) is 0 Å². The van der Waals surface area contributed by atoms with Crippen LogP contribution in [0.4, 0.5) is 0 Å². The van der Waals surface area contributed by atoms with E-state index in [-0.39, 0.29) is 0 Å². The van der Waals surface area contributed by atoms with Gasteiger partial charge in [-0.25, -0.2) is 0 Å². The predicted molar refractivity (Wildman–Crippen MR) is 57.1 cm³/mol. The Morgan fingerprint density at radius 3 is 1.54 bits per heavy atom. The van der Waals surface area contributed by atoms with Crippen molar-refractivity contribution in [2.75, 3.05) is 19.8 Å². The molecule has 0 bridgehead atoms. The third kappa shape index (κ3) is 5.15. The monoisotopic (exact) mass is 272 g/mol. The van der Waals surface area contributed by atoms with Gasteiger partial charge in [0.25, 0.3) is 0 Å². The Morgan fingerprint density at radius 2 is 1.31 bits per heavy atom. The van der Waals surface area contributed by atoms with Crippen molar-refractivity contribution in [3.05, 3.63) is 0 Å². The minimum atomic E-state index is -2.27. The predicted octanol–water partition coefficient (Wildman–Crippen LogP) is 1.74. The summed E-state index contributed by atoms with van der Waals surface area (Å²) >= 11 is 0.547. The molecule has 0 aromatic rings. The summed E-state index contributed by atoms with van der Waals surface area (Å²) in [4.78, 5) is 0.982. The molecule has 5 heteroatoms. The molecule has 0 fully saturated rings. The van der Waals surface area contributed by atoms with E-state index in [0.29, 0.717) is 34.8 Å². The Balaban J connectivity index is 4.19. The fourth-order valence-electron chi connectivity index (χ4n) is 1.09. The van der Waals surface area contributed by atoms with Crippen molar-refractivity contribution in [2.45, 2.75) is 31.5 Å². The van der Waals surface area contributed by atoms with Gasteiger partial charge in [0.15, 0.2) is 0 Å². The van der Waals surface area contributed by atoms with Gasteiger partial charge in [-0.2, -0.15) is 0 Å². The summed E-state index contributed by atoms with van der Waals surface area (Å²) in [5.41, 5.74) is 0. The second-order valence-corrected chi connectivity index (χ2v) is 7.96. The first-order chi connectivity index (χ1) is 6.24. The summed E-state index contributed by atoms with van der Waals surface area (Å²) in [6.07, 6.45) is 0. The normalized spacial score (nSPS) is 12.0. The molecule has 0 rings (SSSR count). The number of rotatable bonds is 8. The van der Waals surface area contributed by atoms with Crippen LogP contribution in [0.2, 0.25) is 10.8 Å². The Labute approximate surface area is 88.7 Å². The fraction of sp³-hybridized carbons (Fsp3) is 1.00. The average Bonchev–Trinajstić information content (AvgIpc) is 2.06. The Bertz CT molecular complexity index is 94.4. The summed E-state index contributed by atoms with van der Waals surface area (Å²) in [6.45, 7) is 8.01. The molecule has 0 aromatic heterocycles. The van der Waals surface area contributed by atoms with Crippen LogP contribution in [0.1, 0.15) is 20.8 Å². The van der Waals surface area contributed by atoms with Crippen LogP contribution in [-0.2, 0) is 13.3 Å². The van der Waals surface area contributed by atoms with Gasteiger partial charge >= 0.3 is 88.4 Å². The van der Waals surface area contributed by atoms with E-state index in [0.717, 1.165) is 4.94 Å². The molecule has 13 heavy (non-hydrogen) atoms. The zero-order valence-corrected chi connectivity index (χ0v) is 11.7. The maximum atomic E-state index is 5.66. The van der Waals surface area contributed by atoms with Gasteiger partial charge in [-0.15, -0.1) is 0 Å². The second-order valence-electron chi connectivity index (χ2n) is 2.42. The topological polar surface area (TPSA) is 27.7 Å². The SMILES string of the molecule is CCO[Si](C[Se]C)(OCC)OCC. The first-order valence-electron chi connectivity index (χ1n) is 4.65. The van der Waals surface area contributed by atoms with Crippen molar-refractivity contribution in [1.82, 2.24) is 0 Å². The molecule has 0 radical (unpaired) electrons. The van der Waals surface area contributed by atoms with Gasteiger partial charge in [-0.1, -0.05) is 0 Å². The van der Waals surface area contributed by atoms with Gasteiger partial charge in [0.2, 0.25) is 0 Å². The summed E-state index contributed by atoms with van der Waals surface area (Å²) in [6, 6.07) is 0. The van der Waals surface area contributed by atoms with Crippen LogP contribution < -0.4 is 0 Å². The van der Waals surface area contributed by atoms with E-state index in [1.165, 1.54) is 0 Å². The molecule has 0 saturated carbocycles. The first kappa shape index (κ1) is 13.6. The van der Waals surface area contributed by atoms with E-state index >= 15 is 0 Å². The summed E-state index contributed by atoms with van der Waals surface area (Å²) in [5.74, 6) is 2.19. The Kier molecular flexibility index (Phi) is 8.35. The molecule has 0 N–H and O–H groups in total. The zero-order chi connectivity index (χ0) is 10.2. The third-order valence-electron chi connectivity index (χ3n) is 1.41. The zero-order valence-electron chi connectivity index (χ0n) is 8.96. The summed E-state index contributed by atoms with van der Waals surface area (Å²) in [7, 11) is -2.27. The number of hydrogen-bond acceptors (Lipinski definition) is 3. The quantitative estimate of drug-likeness (QED) is 0.629. The molecule has 0 saturated heterocycles. The second kappa shape index (κ2) is 7.97. The molecule has 0 aliphatic carbocycles. The third-order valence-corrected chi connectivity index (χ3v) is 8.28. The van der Waals surface area contributed by atoms with E-state index in [2.05, 4.69) is 5.82 Å². The fourth-order valence-corrected chi connectivity index (χ4v) is 7.06. The van der Waals surface area contributed by atoms with Crippen molar-refractivity contribution < 1.29 is 13.3 Å². The molecule has 0 aromatic carbocycles. The summed E-state index contributed by atoms with van der Waals surface area (Å²) < 4.78 is 17.0. The van der Waals surface area contributed by atoms with Gasteiger partial charge < -0.3 is 0 Å². The van der Waals surface area contributed by atoms with Crippen molar-refractivity contribution >= 4 is 23.8 Å². The Hall–Kier alpha value is 0.616. The van der Waals surface area contributed by atoms with Gasteiger partial charge in [0.1, 0.15) is 0 Å². The van der Waals surface area contributed by atoms with Crippen LogP contribution in [0.5, 0.6) is 0 Å². The van der Waals surface area contributed by atoms with E-state index in [1.807, 2.05) is 20.8 Å². The van der Waals surface area contributed by atoms with Crippen molar-refractivity contribution in [3.63, 3.8) is 0 Å². The van der Waals surface area contributed by atoms with E-state index < -0.39 is 8.80 Å². The molecule has 0 spiro atoms. The maximum absolute atomic E-state index is 5.66. The average molecular weight is 271 g/mol. The van der Waals surface area contributed by atoms with Crippen molar-refractivity contribution in [1.29, 1.82) is 0 Å². The molecular formula is C8H20O3SeSi. The van der Waals surface area contributed by atoms with Crippen molar-refractivity contribution in [2.24, 2.45) is 0 Å². The molecule has 0 aliphatic rings. The Morgan fingerprint density at radius 1 is 0.923 bits per heavy atom. The van der Waals surface area contributed by atoms with E-state index in [4.69, 9.17) is 13.3 Å². The molecule has 0 unspecified atom stereocenters. The van der Waals surface area contributed by atoms with Crippen LogP contribution in [0, 0.1) is 0 Å². The molecule has 0 atom stereocenters. The standard InChI is InChI=1S/C8H20O3SeSi/c1-5-9-13(8-12-4,10-6-2)11-7-3/h5-8H2,1-4H3. The van der Waals surface area contributed by atoms with Crippen molar-refractivity contribution in [3.8, 4) is 0 Å². The number of hydrogen-bond donors (Lipinski definition) is 0. The molecule has 80 valence electrons. The molecule has 0 amide bonds. The van der Waals surface area contributed by atoms with Gasteiger partial charge in [-0.3, -0.25) is 0 Å². The summed E-state index contributed by atoms with van der Waals surface area (Å²) in [5, 5.41) is 0. The van der Waals surface area contributed by atoms with Crippen LogP contribution >= 0.6 is 0 Å².